The van der Waals surface area contributed by atoms with Gasteiger partial charge in [-0.1, -0.05) is 6.07 Å². The number of benzene rings is 1. The number of methoxy groups -OCH3 is 1. The zero-order valence-electron chi connectivity index (χ0n) is 9.65. The van der Waals surface area contributed by atoms with Crippen LogP contribution < -0.4 is 4.74 Å². The number of halogens is 1. The molecule has 0 aliphatic heterocycles. The molecule has 92 valence electrons. The summed E-state index contributed by atoms with van der Waals surface area (Å²) in [6.45, 7) is 0. The van der Waals surface area contributed by atoms with Gasteiger partial charge in [-0.2, -0.15) is 0 Å². The maximum atomic E-state index is 10.9. The molecule has 1 aliphatic rings. The number of hydrogen-bond donors (Lipinski definition) is 1. The number of carbonyl (C=O) groups is 1. The monoisotopic (exact) mass is 298 g/mol. The van der Waals surface area contributed by atoms with E-state index in [1.807, 2.05) is 18.2 Å². The summed E-state index contributed by atoms with van der Waals surface area (Å²) in [7, 11) is 1.62. The third kappa shape index (κ3) is 3.00. The molecule has 1 fully saturated rings. The summed E-state index contributed by atoms with van der Waals surface area (Å²) >= 11 is 3.44. The highest BCUT2D eigenvalue weighted by Crippen LogP contribution is 2.45. The van der Waals surface area contributed by atoms with E-state index in [0.717, 1.165) is 28.6 Å². The minimum atomic E-state index is -0.728. The van der Waals surface area contributed by atoms with Gasteiger partial charge in [0.2, 0.25) is 0 Å². The molecule has 0 spiro atoms. The average molecular weight is 299 g/mol. The van der Waals surface area contributed by atoms with E-state index in [4.69, 9.17) is 9.84 Å². The highest BCUT2D eigenvalue weighted by Gasteiger charge is 2.33. The molecule has 17 heavy (non-hydrogen) atoms. The quantitative estimate of drug-likeness (QED) is 0.906. The van der Waals surface area contributed by atoms with Gasteiger partial charge in [0.15, 0.2) is 0 Å². The zero-order valence-corrected chi connectivity index (χ0v) is 11.2. The molecular formula is C13H15BrO3. The summed E-state index contributed by atoms with van der Waals surface area (Å²) in [5.74, 6) is 0.716. The Balaban J connectivity index is 2.23. The molecule has 0 saturated heterocycles. The van der Waals surface area contributed by atoms with E-state index in [-0.39, 0.29) is 12.3 Å². The van der Waals surface area contributed by atoms with Gasteiger partial charge in [0.25, 0.3) is 0 Å². The molecule has 1 N–H and O–H groups in total. The van der Waals surface area contributed by atoms with Crippen molar-refractivity contribution in [3.63, 3.8) is 0 Å². The molecule has 1 atom stereocenters. The lowest BCUT2D eigenvalue weighted by atomic mass is 9.91. The van der Waals surface area contributed by atoms with Crippen LogP contribution in [0.2, 0.25) is 0 Å². The average Bonchev–Trinajstić information content (AvgIpc) is 3.09. The molecule has 1 aliphatic carbocycles. The van der Waals surface area contributed by atoms with E-state index in [2.05, 4.69) is 15.9 Å². The Kier molecular flexibility index (Phi) is 3.72. The van der Waals surface area contributed by atoms with E-state index in [1.165, 1.54) is 0 Å². The first-order valence-corrected chi connectivity index (χ1v) is 6.46. The third-order valence-electron chi connectivity index (χ3n) is 3.19. The topological polar surface area (TPSA) is 46.5 Å². The van der Waals surface area contributed by atoms with Crippen molar-refractivity contribution < 1.29 is 14.6 Å². The van der Waals surface area contributed by atoms with Crippen LogP contribution in [-0.2, 0) is 4.79 Å². The summed E-state index contributed by atoms with van der Waals surface area (Å²) in [5.41, 5.74) is 1.09. The van der Waals surface area contributed by atoms with Crippen LogP contribution in [0.25, 0.3) is 0 Å². The fourth-order valence-corrected chi connectivity index (χ4v) is 2.72. The van der Waals surface area contributed by atoms with Crippen LogP contribution in [0.15, 0.2) is 22.7 Å². The Labute approximate surface area is 109 Å². The lowest BCUT2D eigenvalue weighted by Crippen LogP contribution is -2.08. The van der Waals surface area contributed by atoms with Crippen LogP contribution in [0.3, 0.4) is 0 Å². The third-order valence-corrected chi connectivity index (χ3v) is 3.81. The first kappa shape index (κ1) is 12.4. The predicted octanol–water partition coefficient (Wildman–Crippen LogP) is 3.43. The van der Waals surface area contributed by atoms with Gasteiger partial charge < -0.3 is 9.84 Å². The summed E-state index contributed by atoms with van der Waals surface area (Å²) < 4.78 is 6.06. The maximum Gasteiger partial charge on any atom is 0.303 e. The fraction of sp³-hybridized carbons (Fsp3) is 0.462. The van der Waals surface area contributed by atoms with Crippen molar-refractivity contribution in [2.45, 2.75) is 25.2 Å². The molecule has 4 heteroatoms. The lowest BCUT2D eigenvalue weighted by molar-refractivity contribution is -0.137. The fourth-order valence-electron chi connectivity index (χ4n) is 2.16. The summed E-state index contributed by atoms with van der Waals surface area (Å²) in [4.78, 5) is 10.9. The second-order valence-electron chi connectivity index (χ2n) is 4.44. The van der Waals surface area contributed by atoms with E-state index >= 15 is 0 Å². The van der Waals surface area contributed by atoms with E-state index < -0.39 is 5.97 Å². The Morgan fingerprint density at radius 3 is 2.76 bits per heavy atom. The van der Waals surface area contributed by atoms with E-state index in [0.29, 0.717) is 5.92 Å². The van der Waals surface area contributed by atoms with Crippen LogP contribution in [0, 0.1) is 5.92 Å². The van der Waals surface area contributed by atoms with Crippen LogP contribution in [0.1, 0.15) is 30.7 Å². The minimum Gasteiger partial charge on any atom is -0.496 e. The van der Waals surface area contributed by atoms with Crippen molar-refractivity contribution in [3.8, 4) is 5.75 Å². The Hall–Kier alpha value is -1.03. The number of aliphatic carboxylic acids is 1. The van der Waals surface area contributed by atoms with Crippen LogP contribution in [-0.4, -0.2) is 18.2 Å². The highest BCUT2D eigenvalue weighted by molar-refractivity contribution is 9.10. The van der Waals surface area contributed by atoms with Gasteiger partial charge >= 0.3 is 5.97 Å². The van der Waals surface area contributed by atoms with Crippen molar-refractivity contribution in [2.75, 3.05) is 7.11 Å². The minimum absolute atomic E-state index is 0.134. The molecular weight excluding hydrogens is 284 g/mol. The molecule has 1 saturated carbocycles. The van der Waals surface area contributed by atoms with Crippen LogP contribution in [0.5, 0.6) is 5.75 Å². The second-order valence-corrected chi connectivity index (χ2v) is 5.29. The van der Waals surface area contributed by atoms with Crippen molar-refractivity contribution in [3.05, 3.63) is 28.2 Å². The first-order valence-electron chi connectivity index (χ1n) is 5.67. The van der Waals surface area contributed by atoms with E-state index in [9.17, 15) is 4.79 Å². The Morgan fingerprint density at radius 1 is 1.59 bits per heavy atom. The van der Waals surface area contributed by atoms with Gasteiger partial charge in [-0.05, 0) is 58.3 Å². The van der Waals surface area contributed by atoms with E-state index in [1.54, 1.807) is 7.11 Å². The zero-order chi connectivity index (χ0) is 12.4. The van der Waals surface area contributed by atoms with Gasteiger partial charge in [-0.25, -0.2) is 0 Å². The van der Waals surface area contributed by atoms with Gasteiger partial charge in [0.1, 0.15) is 5.75 Å². The molecule has 0 radical (unpaired) electrons. The molecule has 3 nitrogen and oxygen atoms in total. The summed E-state index contributed by atoms with van der Waals surface area (Å²) in [6.07, 6.45) is 2.49. The lowest BCUT2D eigenvalue weighted by Gasteiger charge is -2.15. The van der Waals surface area contributed by atoms with Crippen molar-refractivity contribution in [1.82, 2.24) is 0 Å². The van der Waals surface area contributed by atoms with Gasteiger partial charge in [-0.3, -0.25) is 4.79 Å². The first-order chi connectivity index (χ1) is 8.11. The normalized spacial score (nSPS) is 16.6. The molecule has 0 amide bonds. The van der Waals surface area contributed by atoms with Crippen molar-refractivity contribution in [1.29, 1.82) is 0 Å². The van der Waals surface area contributed by atoms with Gasteiger partial charge in [0, 0.05) is 0 Å². The Morgan fingerprint density at radius 2 is 2.29 bits per heavy atom. The summed E-state index contributed by atoms with van der Waals surface area (Å²) in [6, 6.07) is 5.83. The molecule has 0 aromatic heterocycles. The number of carboxylic acid groups (broad SMARTS) is 1. The smallest absolute Gasteiger partial charge is 0.303 e. The molecule has 1 unspecified atom stereocenters. The highest BCUT2D eigenvalue weighted by atomic mass is 79.9. The molecule has 1 aromatic rings. The molecule has 0 bridgehead atoms. The number of carboxylic acids is 1. The van der Waals surface area contributed by atoms with Crippen LogP contribution >= 0.6 is 15.9 Å². The molecule has 2 rings (SSSR count). The predicted molar refractivity (Wildman–Crippen MR) is 68.4 cm³/mol. The standard InChI is InChI=1S/C13H15BrO3/c1-17-12-5-4-9(6-11(12)14)10(7-13(15)16)8-2-3-8/h4-6,8,10H,2-3,7H2,1H3,(H,15,16). The van der Waals surface area contributed by atoms with Gasteiger partial charge in [0.05, 0.1) is 18.0 Å². The number of rotatable bonds is 5. The number of ether oxygens (including phenoxy) is 1. The molecule has 0 heterocycles. The Bertz CT molecular complexity index is 427. The maximum absolute atomic E-state index is 10.9. The van der Waals surface area contributed by atoms with Gasteiger partial charge in [-0.15, -0.1) is 0 Å². The van der Waals surface area contributed by atoms with Crippen molar-refractivity contribution >= 4 is 21.9 Å². The molecule has 1 aromatic carbocycles. The largest absolute Gasteiger partial charge is 0.496 e. The number of hydrogen-bond acceptors (Lipinski definition) is 2. The SMILES string of the molecule is COc1ccc(C(CC(=O)O)C2CC2)cc1Br. The van der Waals surface area contributed by atoms with Crippen molar-refractivity contribution in [2.24, 2.45) is 5.92 Å². The summed E-state index contributed by atoms with van der Waals surface area (Å²) in [5, 5.41) is 8.96. The van der Waals surface area contributed by atoms with Crippen LogP contribution in [0.4, 0.5) is 0 Å². The second kappa shape index (κ2) is 5.08.